The third kappa shape index (κ3) is 2.55. The molecule has 1 heterocycles. The molecule has 0 radical (unpaired) electrons. The number of para-hydroxylation sites is 1. The first-order valence-electron chi connectivity index (χ1n) is 6.36. The maximum atomic E-state index is 11.2. The number of hydrogen-bond acceptors (Lipinski definition) is 4. The SMILES string of the molecule is O=[N+]([O-])c1cccc2nc(CBr)c(-c3ccccc3Cl)nc12. The van der Waals surface area contributed by atoms with E-state index in [1.54, 1.807) is 18.2 Å². The van der Waals surface area contributed by atoms with Gasteiger partial charge in [0.1, 0.15) is 0 Å². The highest BCUT2D eigenvalue weighted by Crippen LogP contribution is 2.32. The number of rotatable bonds is 3. The van der Waals surface area contributed by atoms with Crippen LogP contribution in [-0.4, -0.2) is 14.9 Å². The molecular weight excluding hydrogens is 370 g/mol. The van der Waals surface area contributed by atoms with Crippen LogP contribution in [0.3, 0.4) is 0 Å². The summed E-state index contributed by atoms with van der Waals surface area (Å²) >= 11 is 9.61. The maximum absolute atomic E-state index is 11.2. The van der Waals surface area contributed by atoms with Gasteiger partial charge in [0.2, 0.25) is 0 Å². The molecule has 0 spiro atoms. The van der Waals surface area contributed by atoms with E-state index in [0.29, 0.717) is 32.8 Å². The van der Waals surface area contributed by atoms with Crippen LogP contribution in [0.2, 0.25) is 5.02 Å². The van der Waals surface area contributed by atoms with Gasteiger partial charge in [0.25, 0.3) is 5.69 Å². The van der Waals surface area contributed by atoms with Crippen molar-refractivity contribution in [1.29, 1.82) is 0 Å². The molecule has 7 heteroatoms. The van der Waals surface area contributed by atoms with Gasteiger partial charge in [0.15, 0.2) is 5.52 Å². The topological polar surface area (TPSA) is 68.9 Å². The fraction of sp³-hybridized carbons (Fsp3) is 0.0667. The number of nitro groups is 1. The standard InChI is InChI=1S/C15H9BrClN3O2/c16-8-12-14(9-4-1-2-5-10(9)17)19-15-11(18-12)6-3-7-13(15)20(21)22/h1-7H,8H2. The average molecular weight is 379 g/mol. The van der Waals surface area contributed by atoms with Crippen LogP contribution in [0.15, 0.2) is 42.5 Å². The second-order valence-corrected chi connectivity index (χ2v) is 5.50. The van der Waals surface area contributed by atoms with Crippen LogP contribution in [0.5, 0.6) is 0 Å². The fourth-order valence-electron chi connectivity index (χ4n) is 2.21. The van der Waals surface area contributed by atoms with Gasteiger partial charge < -0.3 is 0 Å². The Bertz CT molecular complexity index is 886. The molecule has 0 atom stereocenters. The number of aromatic nitrogens is 2. The fourth-order valence-corrected chi connectivity index (χ4v) is 2.82. The predicted molar refractivity (Wildman–Crippen MR) is 89.3 cm³/mol. The van der Waals surface area contributed by atoms with E-state index in [2.05, 4.69) is 25.9 Å². The van der Waals surface area contributed by atoms with Crippen molar-refractivity contribution in [3.05, 3.63) is 63.3 Å². The third-order valence-electron chi connectivity index (χ3n) is 3.20. The van der Waals surface area contributed by atoms with Crippen LogP contribution in [0.4, 0.5) is 5.69 Å². The molecule has 0 aliphatic carbocycles. The Labute approximate surface area is 139 Å². The van der Waals surface area contributed by atoms with Crippen molar-refractivity contribution in [2.45, 2.75) is 5.33 Å². The Hall–Kier alpha value is -2.05. The van der Waals surface area contributed by atoms with Crippen molar-refractivity contribution in [2.24, 2.45) is 0 Å². The third-order valence-corrected chi connectivity index (χ3v) is 4.06. The van der Waals surface area contributed by atoms with Crippen LogP contribution in [0.1, 0.15) is 5.69 Å². The molecule has 0 unspecified atom stereocenters. The van der Waals surface area contributed by atoms with E-state index < -0.39 is 4.92 Å². The molecule has 0 aliphatic rings. The summed E-state index contributed by atoms with van der Waals surface area (Å²) in [5, 5.41) is 12.2. The smallest absolute Gasteiger partial charge is 0.258 e. The van der Waals surface area contributed by atoms with E-state index in [1.165, 1.54) is 6.07 Å². The quantitative estimate of drug-likeness (QED) is 0.374. The maximum Gasteiger partial charge on any atom is 0.297 e. The lowest BCUT2D eigenvalue weighted by Gasteiger charge is -2.09. The molecule has 110 valence electrons. The Morgan fingerprint density at radius 3 is 2.59 bits per heavy atom. The van der Waals surface area contributed by atoms with Crippen molar-refractivity contribution in [3.8, 4) is 11.3 Å². The van der Waals surface area contributed by atoms with Crippen molar-refractivity contribution >= 4 is 44.3 Å². The van der Waals surface area contributed by atoms with Gasteiger partial charge in [-0.25, -0.2) is 9.97 Å². The van der Waals surface area contributed by atoms with E-state index in [-0.39, 0.29) is 11.2 Å². The summed E-state index contributed by atoms with van der Waals surface area (Å²) in [5.74, 6) is 0. The number of nitrogens with zero attached hydrogens (tertiary/aromatic N) is 3. The molecule has 22 heavy (non-hydrogen) atoms. The van der Waals surface area contributed by atoms with Gasteiger partial charge in [-0.3, -0.25) is 10.1 Å². The number of non-ortho nitro benzene ring substituents is 1. The Morgan fingerprint density at radius 1 is 1.14 bits per heavy atom. The minimum Gasteiger partial charge on any atom is -0.258 e. The summed E-state index contributed by atoms with van der Waals surface area (Å²) in [6.45, 7) is 0. The molecule has 0 bridgehead atoms. The first-order valence-corrected chi connectivity index (χ1v) is 7.86. The van der Waals surface area contributed by atoms with Crippen molar-refractivity contribution in [2.75, 3.05) is 0 Å². The second-order valence-electron chi connectivity index (χ2n) is 4.53. The molecule has 0 amide bonds. The van der Waals surface area contributed by atoms with Crippen LogP contribution in [0.25, 0.3) is 22.3 Å². The summed E-state index contributed by atoms with van der Waals surface area (Å²) < 4.78 is 0. The summed E-state index contributed by atoms with van der Waals surface area (Å²) in [5.41, 5.74) is 2.60. The summed E-state index contributed by atoms with van der Waals surface area (Å²) in [6, 6.07) is 11.9. The predicted octanol–water partition coefficient (Wildman–Crippen LogP) is 4.75. The zero-order valence-corrected chi connectivity index (χ0v) is 13.5. The molecule has 3 aromatic rings. The number of alkyl halides is 1. The number of hydrogen-bond donors (Lipinski definition) is 0. The van der Waals surface area contributed by atoms with Crippen LogP contribution in [-0.2, 0) is 5.33 Å². The molecule has 3 rings (SSSR count). The number of halogens is 2. The first-order chi connectivity index (χ1) is 10.6. The van der Waals surface area contributed by atoms with E-state index in [4.69, 9.17) is 11.6 Å². The van der Waals surface area contributed by atoms with Gasteiger partial charge in [-0.2, -0.15) is 0 Å². The molecular formula is C15H9BrClN3O2. The lowest BCUT2D eigenvalue weighted by Crippen LogP contribution is -2.00. The van der Waals surface area contributed by atoms with Gasteiger partial charge in [0.05, 0.1) is 26.9 Å². The van der Waals surface area contributed by atoms with E-state index in [1.807, 2.05) is 18.2 Å². The van der Waals surface area contributed by atoms with Crippen LogP contribution >= 0.6 is 27.5 Å². The number of benzene rings is 2. The van der Waals surface area contributed by atoms with Gasteiger partial charge in [-0.1, -0.05) is 51.8 Å². The molecule has 0 saturated carbocycles. The van der Waals surface area contributed by atoms with Gasteiger partial charge in [0, 0.05) is 17.0 Å². The molecule has 0 aliphatic heterocycles. The number of fused-ring (bicyclic) bond motifs is 1. The van der Waals surface area contributed by atoms with Crippen LogP contribution in [0, 0.1) is 10.1 Å². The van der Waals surface area contributed by atoms with Crippen LogP contribution < -0.4 is 0 Å². The zero-order valence-electron chi connectivity index (χ0n) is 11.2. The highest BCUT2D eigenvalue weighted by Gasteiger charge is 2.18. The molecule has 0 saturated heterocycles. The van der Waals surface area contributed by atoms with Crippen molar-refractivity contribution in [3.63, 3.8) is 0 Å². The number of nitro benzene ring substituents is 1. The molecule has 0 N–H and O–H groups in total. The Kier molecular flexibility index (Phi) is 4.04. The monoisotopic (exact) mass is 377 g/mol. The Morgan fingerprint density at radius 2 is 1.91 bits per heavy atom. The highest BCUT2D eigenvalue weighted by atomic mass is 79.9. The first kappa shape index (κ1) is 14.9. The van der Waals surface area contributed by atoms with Gasteiger partial charge >= 0.3 is 0 Å². The zero-order chi connectivity index (χ0) is 15.7. The average Bonchev–Trinajstić information content (AvgIpc) is 2.53. The van der Waals surface area contributed by atoms with Crippen molar-refractivity contribution in [1.82, 2.24) is 9.97 Å². The van der Waals surface area contributed by atoms with Gasteiger partial charge in [-0.15, -0.1) is 0 Å². The molecule has 2 aromatic carbocycles. The van der Waals surface area contributed by atoms with Crippen molar-refractivity contribution < 1.29 is 4.92 Å². The summed E-state index contributed by atoms with van der Waals surface area (Å²) in [6.07, 6.45) is 0. The minimum atomic E-state index is -0.457. The highest BCUT2D eigenvalue weighted by molar-refractivity contribution is 9.08. The van der Waals surface area contributed by atoms with Gasteiger partial charge in [-0.05, 0) is 12.1 Å². The molecule has 1 aromatic heterocycles. The lowest BCUT2D eigenvalue weighted by molar-refractivity contribution is -0.383. The normalized spacial score (nSPS) is 10.8. The summed E-state index contributed by atoms with van der Waals surface area (Å²) in [7, 11) is 0. The largest absolute Gasteiger partial charge is 0.297 e. The molecule has 5 nitrogen and oxygen atoms in total. The van der Waals surface area contributed by atoms with E-state index >= 15 is 0 Å². The summed E-state index contributed by atoms with van der Waals surface area (Å²) in [4.78, 5) is 19.7. The second kappa shape index (κ2) is 5.98. The van der Waals surface area contributed by atoms with E-state index in [0.717, 1.165) is 0 Å². The minimum absolute atomic E-state index is 0.0700. The lowest BCUT2D eigenvalue weighted by atomic mass is 10.1. The van der Waals surface area contributed by atoms with E-state index in [9.17, 15) is 10.1 Å². The Balaban J connectivity index is 2.36. The molecule has 0 fully saturated rings.